The van der Waals surface area contributed by atoms with Gasteiger partial charge in [-0.3, -0.25) is 14.4 Å². The van der Waals surface area contributed by atoms with E-state index < -0.39 is 35.0 Å². The number of cyclic esters (lactones) is 1. The van der Waals surface area contributed by atoms with Crippen molar-refractivity contribution in [2.45, 2.75) is 56.8 Å². The van der Waals surface area contributed by atoms with E-state index in [9.17, 15) is 19.5 Å². The van der Waals surface area contributed by atoms with Crippen LogP contribution in [0.5, 0.6) is 0 Å². The highest BCUT2D eigenvalue weighted by Gasteiger charge is 2.74. The normalized spacial score (nSPS) is 37.1. The quantitative estimate of drug-likeness (QED) is 0.383. The highest BCUT2D eigenvalue weighted by atomic mass is 16.6. The summed E-state index contributed by atoms with van der Waals surface area (Å²) < 4.78 is 12.0. The van der Waals surface area contributed by atoms with Crippen molar-refractivity contribution in [1.82, 2.24) is 9.80 Å². The fourth-order valence-corrected chi connectivity index (χ4v) is 5.64. The lowest BCUT2D eigenvalue weighted by molar-refractivity contribution is -0.160. The van der Waals surface area contributed by atoms with Gasteiger partial charge in [-0.25, -0.2) is 0 Å². The topological polar surface area (TPSA) is 96.4 Å². The summed E-state index contributed by atoms with van der Waals surface area (Å²) in [6, 6.07) is -0.913. The molecule has 0 saturated carbocycles. The molecule has 170 valence electrons. The third-order valence-corrected chi connectivity index (χ3v) is 6.98. The van der Waals surface area contributed by atoms with Gasteiger partial charge < -0.3 is 24.4 Å². The Morgan fingerprint density at radius 1 is 1.10 bits per heavy atom. The molecule has 2 fully saturated rings. The number of ether oxygens (including phenoxy) is 2. The second kappa shape index (κ2) is 8.39. The molecular formula is C23H32N2O6. The average Bonchev–Trinajstić information content (AvgIpc) is 3.04. The number of fused-ring (bicyclic) bond motifs is 2. The smallest absolute Gasteiger partial charge is 0.313 e. The molecule has 4 rings (SSSR count). The molecule has 2 saturated heterocycles. The van der Waals surface area contributed by atoms with Crippen molar-refractivity contribution in [2.24, 2.45) is 11.8 Å². The van der Waals surface area contributed by atoms with Crippen LogP contribution in [-0.2, 0) is 23.9 Å². The zero-order valence-electron chi connectivity index (χ0n) is 18.3. The summed E-state index contributed by atoms with van der Waals surface area (Å²) in [6.07, 6.45) is 10.9. The van der Waals surface area contributed by atoms with Crippen molar-refractivity contribution in [3.05, 3.63) is 24.3 Å². The lowest BCUT2D eigenvalue weighted by atomic mass is 9.74. The van der Waals surface area contributed by atoms with Crippen LogP contribution in [0.2, 0.25) is 0 Å². The van der Waals surface area contributed by atoms with E-state index in [2.05, 4.69) is 6.92 Å². The van der Waals surface area contributed by atoms with Gasteiger partial charge in [-0.1, -0.05) is 44.1 Å². The van der Waals surface area contributed by atoms with E-state index in [1.54, 1.807) is 11.8 Å². The van der Waals surface area contributed by atoms with Crippen LogP contribution in [0.1, 0.15) is 39.5 Å². The summed E-state index contributed by atoms with van der Waals surface area (Å²) in [6.45, 7) is 4.91. The van der Waals surface area contributed by atoms with Crippen LogP contribution in [-0.4, -0.2) is 82.8 Å². The Balaban J connectivity index is 1.78. The molecule has 1 N–H and O–H groups in total. The van der Waals surface area contributed by atoms with E-state index in [4.69, 9.17) is 9.47 Å². The van der Waals surface area contributed by atoms with Crippen LogP contribution in [0.15, 0.2) is 24.3 Å². The Kier molecular flexibility index (Phi) is 5.96. The predicted molar refractivity (Wildman–Crippen MR) is 112 cm³/mol. The fraction of sp³-hybridized carbons (Fsp3) is 0.696. The lowest BCUT2D eigenvalue weighted by Crippen LogP contribution is -2.56. The molecule has 31 heavy (non-hydrogen) atoms. The second-order valence-electron chi connectivity index (χ2n) is 9.00. The Bertz CT molecular complexity index is 810. The maximum absolute atomic E-state index is 13.7. The van der Waals surface area contributed by atoms with E-state index in [0.717, 1.165) is 19.3 Å². The first-order chi connectivity index (χ1) is 14.9. The summed E-state index contributed by atoms with van der Waals surface area (Å²) in [5.74, 6) is -2.74. The number of carbonyl (C=O) groups excluding carboxylic acids is 3. The van der Waals surface area contributed by atoms with E-state index in [0.29, 0.717) is 19.5 Å². The number of carbonyl (C=O) groups is 3. The molecule has 1 spiro atoms. The first-order valence-corrected chi connectivity index (χ1v) is 11.3. The number of aliphatic hydroxyl groups is 1. The average molecular weight is 433 g/mol. The molecule has 4 aliphatic heterocycles. The van der Waals surface area contributed by atoms with Crippen molar-refractivity contribution in [1.29, 1.82) is 0 Å². The van der Waals surface area contributed by atoms with Gasteiger partial charge in [0.1, 0.15) is 17.6 Å². The predicted octanol–water partition coefficient (Wildman–Crippen LogP) is 1.04. The largest absolute Gasteiger partial charge is 0.465 e. The number of hydrogen-bond acceptors (Lipinski definition) is 6. The van der Waals surface area contributed by atoms with Crippen LogP contribution in [0, 0.1) is 11.8 Å². The van der Waals surface area contributed by atoms with E-state index in [-0.39, 0.29) is 31.6 Å². The zero-order valence-corrected chi connectivity index (χ0v) is 18.3. The Morgan fingerprint density at radius 2 is 1.90 bits per heavy atom. The van der Waals surface area contributed by atoms with Gasteiger partial charge in [0.25, 0.3) is 0 Å². The van der Waals surface area contributed by atoms with Crippen LogP contribution in [0.25, 0.3) is 0 Å². The first-order valence-electron chi connectivity index (χ1n) is 11.3. The number of aliphatic hydroxyl groups excluding tert-OH is 1. The molecule has 0 bridgehead atoms. The minimum Gasteiger partial charge on any atom is -0.465 e. The fourth-order valence-electron chi connectivity index (χ4n) is 5.64. The van der Waals surface area contributed by atoms with Crippen molar-refractivity contribution >= 4 is 17.8 Å². The molecule has 0 aromatic carbocycles. The van der Waals surface area contributed by atoms with Crippen molar-refractivity contribution in [3.63, 3.8) is 0 Å². The molecule has 8 nitrogen and oxygen atoms in total. The molecule has 4 aliphatic rings. The maximum Gasteiger partial charge on any atom is 0.313 e. The van der Waals surface area contributed by atoms with Gasteiger partial charge in [-0.2, -0.15) is 0 Å². The SMILES string of the molecule is CCCCCN1CC=C[C@]23O[C@@]4(C)C=CCCOC(=O)[C@H]4[C@H]2C(=O)N(CCO)C3C1=O. The zero-order chi connectivity index (χ0) is 22.2. The molecule has 1 unspecified atom stereocenters. The third kappa shape index (κ3) is 3.40. The lowest BCUT2D eigenvalue weighted by Gasteiger charge is -2.37. The number of hydrogen-bond donors (Lipinski definition) is 1. The standard InChI is InChI=1S/C23H32N2O6/c1-3-4-6-11-24-12-8-10-23-16(19(27)25(13-14-26)18(23)20(24)28)17-21(29)30-15-7-5-9-22(17,2)31-23/h5,8-10,16-18,26H,3-4,6-7,11-15H2,1-2H3/t16-,17+,18?,22-,23-/m0/s1. The molecule has 8 heteroatoms. The number of amides is 2. The van der Waals surface area contributed by atoms with E-state index >= 15 is 0 Å². The summed E-state index contributed by atoms with van der Waals surface area (Å²) in [5, 5.41) is 9.63. The number of likely N-dealkylation sites (tertiary alicyclic amines) is 1. The van der Waals surface area contributed by atoms with Gasteiger partial charge in [0, 0.05) is 19.6 Å². The summed E-state index contributed by atoms with van der Waals surface area (Å²) >= 11 is 0. The van der Waals surface area contributed by atoms with Gasteiger partial charge in [0.2, 0.25) is 11.8 Å². The molecule has 5 atom stereocenters. The maximum atomic E-state index is 13.7. The highest BCUT2D eigenvalue weighted by Crippen LogP contribution is 2.57. The van der Waals surface area contributed by atoms with Gasteiger partial charge in [-0.15, -0.1) is 0 Å². The summed E-state index contributed by atoms with van der Waals surface area (Å²) in [4.78, 5) is 43.5. The van der Waals surface area contributed by atoms with E-state index in [1.165, 1.54) is 4.90 Å². The molecule has 4 heterocycles. The second-order valence-corrected chi connectivity index (χ2v) is 9.00. The Hall–Kier alpha value is -2.19. The minimum atomic E-state index is -1.27. The van der Waals surface area contributed by atoms with Gasteiger partial charge in [-0.05, 0) is 19.8 Å². The number of unbranched alkanes of at least 4 members (excludes halogenated alkanes) is 2. The van der Waals surface area contributed by atoms with Crippen molar-refractivity contribution in [3.8, 4) is 0 Å². The van der Waals surface area contributed by atoms with Crippen LogP contribution < -0.4 is 0 Å². The van der Waals surface area contributed by atoms with E-state index in [1.807, 2.05) is 24.3 Å². The van der Waals surface area contributed by atoms with Crippen molar-refractivity contribution < 1.29 is 29.0 Å². The first kappa shape index (κ1) is 22.0. The Morgan fingerprint density at radius 3 is 2.65 bits per heavy atom. The highest BCUT2D eigenvalue weighted by molar-refractivity contribution is 5.99. The number of esters is 1. The summed E-state index contributed by atoms with van der Waals surface area (Å²) in [7, 11) is 0. The number of β-amino-alcohol motifs (C(OH)–C–C–N with tert-alkyl or cyclic N) is 1. The molecule has 0 aromatic rings. The van der Waals surface area contributed by atoms with Gasteiger partial charge in [0.05, 0.1) is 24.7 Å². The van der Waals surface area contributed by atoms with Crippen molar-refractivity contribution in [2.75, 3.05) is 32.8 Å². The van der Waals surface area contributed by atoms with Gasteiger partial charge >= 0.3 is 5.97 Å². The third-order valence-electron chi connectivity index (χ3n) is 6.98. The van der Waals surface area contributed by atoms with Crippen LogP contribution >= 0.6 is 0 Å². The number of nitrogens with zero attached hydrogens (tertiary/aromatic N) is 2. The summed E-state index contributed by atoms with van der Waals surface area (Å²) in [5.41, 5.74) is -2.32. The molecule has 0 radical (unpaired) electrons. The minimum absolute atomic E-state index is 0.0157. The molecule has 2 amide bonds. The monoisotopic (exact) mass is 432 g/mol. The van der Waals surface area contributed by atoms with Gasteiger partial charge in [0.15, 0.2) is 0 Å². The number of rotatable bonds is 6. The molecular weight excluding hydrogens is 400 g/mol. The van der Waals surface area contributed by atoms with Crippen LogP contribution in [0.3, 0.4) is 0 Å². The Labute approximate surface area is 182 Å². The molecule has 0 aromatic heterocycles. The molecule has 0 aliphatic carbocycles. The van der Waals surface area contributed by atoms with Crippen LogP contribution in [0.4, 0.5) is 0 Å².